The SMILES string of the molecule is CC[C@H](C#N)CCNS(=O)(=O)c1ccc(C)cc1. The van der Waals surface area contributed by atoms with Crippen molar-refractivity contribution in [2.75, 3.05) is 6.54 Å². The first-order chi connectivity index (χ1) is 8.49. The third kappa shape index (κ3) is 4.13. The van der Waals surface area contributed by atoms with Crippen molar-refractivity contribution in [3.63, 3.8) is 0 Å². The lowest BCUT2D eigenvalue weighted by atomic mass is 10.1. The molecule has 98 valence electrons. The highest BCUT2D eigenvalue weighted by atomic mass is 32.2. The zero-order valence-electron chi connectivity index (χ0n) is 10.7. The summed E-state index contributed by atoms with van der Waals surface area (Å²) in [6.07, 6.45) is 1.28. The summed E-state index contributed by atoms with van der Waals surface area (Å²) < 4.78 is 26.3. The smallest absolute Gasteiger partial charge is 0.211 e. The highest BCUT2D eigenvalue weighted by molar-refractivity contribution is 7.89. The van der Waals surface area contributed by atoms with Gasteiger partial charge in [0.05, 0.1) is 11.0 Å². The summed E-state index contributed by atoms with van der Waals surface area (Å²) >= 11 is 0. The lowest BCUT2D eigenvalue weighted by Crippen LogP contribution is -2.26. The first-order valence-corrected chi connectivity index (χ1v) is 7.44. The van der Waals surface area contributed by atoms with Crippen LogP contribution < -0.4 is 4.72 Å². The molecule has 0 aromatic heterocycles. The van der Waals surface area contributed by atoms with E-state index >= 15 is 0 Å². The van der Waals surface area contributed by atoms with Crippen LogP contribution >= 0.6 is 0 Å². The molecule has 0 aliphatic rings. The molecule has 0 radical (unpaired) electrons. The molecule has 0 heterocycles. The lowest BCUT2D eigenvalue weighted by Gasteiger charge is -2.08. The summed E-state index contributed by atoms with van der Waals surface area (Å²) in [7, 11) is -3.45. The van der Waals surface area contributed by atoms with E-state index in [1.54, 1.807) is 24.3 Å². The number of nitrogens with zero attached hydrogens (tertiary/aromatic N) is 1. The largest absolute Gasteiger partial charge is 0.240 e. The number of rotatable bonds is 6. The van der Waals surface area contributed by atoms with Crippen LogP contribution in [0.4, 0.5) is 0 Å². The number of benzene rings is 1. The molecule has 0 unspecified atom stereocenters. The van der Waals surface area contributed by atoms with Crippen molar-refractivity contribution in [1.82, 2.24) is 4.72 Å². The molecule has 1 rings (SSSR count). The fraction of sp³-hybridized carbons (Fsp3) is 0.462. The molecule has 0 spiro atoms. The highest BCUT2D eigenvalue weighted by Gasteiger charge is 2.13. The van der Waals surface area contributed by atoms with Gasteiger partial charge >= 0.3 is 0 Å². The van der Waals surface area contributed by atoms with E-state index in [0.29, 0.717) is 13.0 Å². The molecule has 1 aromatic rings. The van der Waals surface area contributed by atoms with E-state index in [0.717, 1.165) is 12.0 Å². The summed E-state index contributed by atoms with van der Waals surface area (Å²) in [6, 6.07) is 8.84. The molecular weight excluding hydrogens is 248 g/mol. The Morgan fingerprint density at radius 2 is 1.94 bits per heavy atom. The van der Waals surface area contributed by atoms with Gasteiger partial charge in [0, 0.05) is 12.5 Å². The molecule has 4 nitrogen and oxygen atoms in total. The minimum atomic E-state index is -3.45. The molecule has 1 N–H and O–H groups in total. The molecule has 1 atom stereocenters. The van der Waals surface area contributed by atoms with E-state index in [1.165, 1.54) is 0 Å². The van der Waals surface area contributed by atoms with Crippen LogP contribution in [0, 0.1) is 24.2 Å². The van der Waals surface area contributed by atoms with Crippen LogP contribution in [-0.2, 0) is 10.0 Å². The maximum Gasteiger partial charge on any atom is 0.240 e. The normalized spacial score (nSPS) is 12.9. The Bertz CT molecular complexity index is 515. The van der Waals surface area contributed by atoms with Crippen LogP contribution in [-0.4, -0.2) is 15.0 Å². The maximum absolute atomic E-state index is 11.9. The minimum Gasteiger partial charge on any atom is -0.211 e. The fourth-order valence-electron chi connectivity index (χ4n) is 1.53. The quantitative estimate of drug-likeness (QED) is 0.858. The van der Waals surface area contributed by atoms with Crippen LogP contribution in [0.5, 0.6) is 0 Å². The van der Waals surface area contributed by atoms with Crippen molar-refractivity contribution in [2.45, 2.75) is 31.6 Å². The van der Waals surface area contributed by atoms with E-state index < -0.39 is 10.0 Å². The van der Waals surface area contributed by atoms with Gasteiger partial charge in [0.25, 0.3) is 0 Å². The van der Waals surface area contributed by atoms with Gasteiger partial charge in [-0.3, -0.25) is 0 Å². The molecule has 0 saturated heterocycles. The summed E-state index contributed by atoms with van der Waals surface area (Å²) in [4.78, 5) is 0.262. The van der Waals surface area contributed by atoms with Crippen LogP contribution in [0.3, 0.4) is 0 Å². The molecule has 0 aliphatic heterocycles. The van der Waals surface area contributed by atoms with Gasteiger partial charge < -0.3 is 0 Å². The Balaban J connectivity index is 2.61. The Labute approximate surface area is 109 Å². The second-order valence-corrected chi connectivity index (χ2v) is 6.00. The highest BCUT2D eigenvalue weighted by Crippen LogP contribution is 2.11. The molecule has 0 saturated carbocycles. The van der Waals surface area contributed by atoms with E-state index in [2.05, 4.69) is 10.8 Å². The monoisotopic (exact) mass is 266 g/mol. The Kier molecular flexibility index (Phi) is 5.32. The third-order valence-electron chi connectivity index (χ3n) is 2.79. The molecule has 0 amide bonds. The van der Waals surface area contributed by atoms with Crippen molar-refractivity contribution in [3.05, 3.63) is 29.8 Å². The van der Waals surface area contributed by atoms with Gasteiger partial charge in [0.2, 0.25) is 10.0 Å². The van der Waals surface area contributed by atoms with Gasteiger partial charge in [0.15, 0.2) is 0 Å². The summed E-state index contributed by atoms with van der Waals surface area (Å²) in [5.74, 6) is -0.0919. The van der Waals surface area contributed by atoms with E-state index in [9.17, 15) is 8.42 Å². The number of nitriles is 1. The average Bonchev–Trinajstić information content (AvgIpc) is 2.35. The van der Waals surface area contributed by atoms with Gasteiger partial charge in [0.1, 0.15) is 0 Å². The first kappa shape index (κ1) is 14.7. The summed E-state index contributed by atoms with van der Waals surface area (Å²) in [5, 5.41) is 8.78. The van der Waals surface area contributed by atoms with Crippen LogP contribution in [0.1, 0.15) is 25.3 Å². The van der Waals surface area contributed by atoms with Crippen molar-refractivity contribution in [3.8, 4) is 6.07 Å². The molecular formula is C13H18N2O2S. The predicted octanol–water partition coefficient (Wildman–Crippen LogP) is 2.21. The molecule has 5 heteroatoms. The Hall–Kier alpha value is -1.38. The van der Waals surface area contributed by atoms with Crippen molar-refractivity contribution >= 4 is 10.0 Å². The van der Waals surface area contributed by atoms with Gasteiger partial charge in [-0.25, -0.2) is 13.1 Å². The molecule has 0 fully saturated rings. The van der Waals surface area contributed by atoms with Crippen LogP contribution in [0.15, 0.2) is 29.2 Å². The summed E-state index contributed by atoms with van der Waals surface area (Å²) in [6.45, 7) is 4.12. The van der Waals surface area contributed by atoms with Gasteiger partial charge in [-0.05, 0) is 31.9 Å². The molecule has 18 heavy (non-hydrogen) atoms. The van der Waals surface area contributed by atoms with Gasteiger partial charge in [-0.2, -0.15) is 5.26 Å². The van der Waals surface area contributed by atoms with E-state index in [1.807, 2.05) is 13.8 Å². The number of aryl methyl sites for hydroxylation is 1. The second kappa shape index (κ2) is 6.53. The Morgan fingerprint density at radius 3 is 2.44 bits per heavy atom. The topological polar surface area (TPSA) is 70.0 Å². The first-order valence-electron chi connectivity index (χ1n) is 5.95. The van der Waals surface area contributed by atoms with Gasteiger partial charge in [-0.15, -0.1) is 0 Å². The average molecular weight is 266 g/mol. The van der Waals surface area contributed by atoms with Crippen molar-refractivity contribution in [1.29, 1.82) is 5.26 Å². The Morgan fingerprint density at radius 1 is 1.33 bits per heavy atom. The molecule has 0 aliphatic carbocycles. The molecule has 0 bridgehead atoms. The maximum atomic E-state index is 11.9. The minimum absolute atomic E-state index is 0.0919. The number of sulfonamides is 1. The predicted molar refractivity (Wildman–Crippen MR) is 70.4 cm³/mol. The summed E-state index contributed by atoms with van der Waals surface area (Å²) in [5.41, 5.74) is 1.02. The standard InChI is InChI=1S/C13H18N2O2S/c1-3-12(10-14)8-9-15-18(16,17)13-6-4-11(2)5-7-13/h4-7,12,15H,3,8-9H2,1-2H3/t12-/m0/s1. The number of hydrogen-bond acceptors (Lipinski definition) is 3. The van der Waals surface area contributed by atoms with Crippen molar-refractivity contribution in [2.24, 2.45) is 5.92 Å². The lowest BCUT2D eigenvalue weighted by molar-refractivity contribution is 0.551. The third-order valence-corrected chi connectivity index (χ3v) is 4.27. The number of nitrogens with one attached hydrogen (secondary N) is 1. The zero-order chi connectivity index (χ0) is 13.6. The second-order valence-electron chi connectivity index (χ2n) is 4.23. The van der Waals surface area contributed by atoms with Crippen LogP contribution in [0.25, 0.3) is 0 Å². The van der Waals surface area contributed by atoms with Gasteiger partial charge in [-0.1, -0.05) is 24.6 Å². The fourth-order valence-corrected chi connectivity index (χ4v) is 2.58. The molecule has 1 aromatic carbocycles. The number of hydrogen-bond donors (Lipinski definition) is 1. The van der Waals surface area contributed by atoms with Crippen molar-refractivity contribution < 1.29 is 8.42 Å². The van der Waals surface area contributed by atoms with Crippen LogP contribution in [0.2, 0.25) is 0 Å². The zero-order valence-corrected chi connectivity index (χ0v) is 11.5. The van der Waals surface area contributed by atoms with E-state index in [-0.39, 0.29) is 10.8 Å². The van der Waals surface area contributed by atoms with E-state index in [4.69, 9.17) is 5.26 Å².